The van der Waals surface area contributed by atoms with Gasteiger partial charge in [-0.05, 0) is 56.0 Å². The normalized spacial score (nSPS) is 21.8. The lowest BCUT2D eigenvalue weighted by atomic mass is 9.85. The lowest BCUT2D eigenvalue weighted by Crippen LogP contribution is -2.40. The summed E-state index contributed by atoms with van der Waals surface area (Å²) in [7, 11) is 0. The number of rotatable bonds is 5. The molecule has 1 unspecified atom stereocenters. The lowest BCUT2D eigenvalue weighted by Gasteiger charge is -2.32. The van der Waals surface area contributed by atoms with Crippen LogP contribution in [0, 0.1) is 17.6 Å². The first kappa shape index (κ1) is 20.6. The maximum absolute atomic E-state index is 14.8. The summed E-state index contributed by atoms with van der Waals surface area (Å²) in [5, 5.41) is 2.18. The fraction of sp³-hybridized carbons (Fsp3) is 0.571. The molecular formula is C21H26F2N2O3. The Morgan fingerprint density at radius 3 is 2.32 bits per heavy atom. The standard InChI is InChI=1S/C21H26F2N2O3/c1-12(2)19(26)11-25-7-5-13(6-8-25)15-9-18(23)16(10-17(15)22)14-3-4-20(27)24-21(14)28/h9-10,12-14H,3-8,11H2,1-2H3,(H,24,27,28). The van der Waals surface area contributed by atoms with Crippen LogP contribution in [-0.4, -0.2) is 42.1 Å². The van der Waals surface area contributed by atoms with Crippen molar-refractivity contribution in [2.24, 2.45) is 5.92 Å². The minimum absolute atomic E-state index is 0.00576. The highest BCUT2D eigenvalue weighted by molar-refractivity contribution is 6.00. The predicted molar refractivity (Wildman–Crippen MR) is 99.7 cm³/mol. The molecule has 0 spiro atoms. The van der Waals surface area contributed by atoms with Gasteiger partial charge in [-0.3, -0.25) is 24.6 Å². The van der Waals surface area contributed by atoms with E-state index >= 15 is 0 Å². The van der Waals surface area contributed by atoms with Crippen LogP contribution in [0.25, 0.3) is 0 Å². The molecule has 152 valence electrons. The number of hydrogen-bond acceptors (Lipinski definition) is 4. The van der Waals surface area contributed by atoms with Gasteiger partial charge in [0.2, 0.25) is 11.8 Å². The van der Waals surface area contributed by atoms with Crippen molar-refractivity contribution in [3.05, 3.63) is 34.9 Å². The molecule has 0 aliphatic carbocycles. The second-order valence-electron chi connectivity index (χ2n) is 8.07. The van der Waals surface area contributed by atoms with E-state index in [2.05, 4.69) is 10.2 Å². The molecule has 1 aromatic carbocycles. The Labute approximate surface area is 163 Å². The number of carbonyl (C=O) groups excluding carboxylic acids is 3. The monoisotopic (exact) mass is 392 g/mol. The summed E-state index contributed by atoms with van der Waals surface area (Å²) in [6.07, 6.45) is 1.61. The van der Waals surface area contributed by atoms with Gasteiger partial charge in [0.1, 0.15) is 17.4 Å². The van der Waals surface area contributed by atoms with Gasteiger partial charge in [0.15, 0.2) is 0 Å². The van der Waals surface area contributed by atoms with Crippen molar-refractivity contribution in [3.63, 3.8) is 0 Å². The first-order chi connectivity index (χ1) is 13.3. The molecule has 0 radical (unpaired) electrons. The van der Waals surface area contributed by atoms with Crippen molar-refractivity contribution >= 4 is 17.6 Å². The molecule has 28 heavy (non-hydrogen) atoms. The Morgan fingerprint density at radius 1 is 1.11 bits per heavy atom. The lowest BCUT2D eigenvalue weighted by molar-refractivity contribution is -0.134. The van der Waals surface area contributed by atoms with E-state index in [1.807, 2.05) is 13.8 Å². The minimum atomic E-state index is -0.842. The van der Waals surface area contributed by atoms with Crippen LogP contribution >= 0.6 is 0 Å². The topological polar surface area (TPSA) is 66.5 Å². The third-order valence-corrected chi connectivity index (χ3v) is 5.78. The van der Waals surface area contributed by atoms with Crippen LogP contribution in [0.4, 0.5) is 8.78 Å². The molecular weight excluding hydrogens is 366 g/mol. The van der Waals surface area contributed by atoms with E-state index in [4.69, 9.17) is 0 Å². The van der Waals surface area contributed by atoms with Gasteiger partial charge in [-0.25, -0.2) is 8.78 Å². The van der Waals surface area contributed by atoms with Crippen molar-refractivity contribution in [1.29, 1.82) is 0 Å². The Hall–Kier alpha value is -2.15. The molecule has 5 nitrogen and oxygen atoms in total. The van der Waals surface area contributed by atoms with E-state index in [1.54, 1.807) is 0 Å². The van der Waals surface area contributed by atoms with Gasteiger partial charge in [-0.2, -0.15) is 0 Å². The van der Waals surface area contributed by atoms with E-state index in [1.165, 1.54) is 6.07 Å². The quantitative estimate of drug-likeness (QED) is 0.783. The highest BCUT2D eigenvalue weighted by Gasteiger charge is 2.32. The Kier molecular flexibility index (Phi) is 6.23. The fourth-order valence-electron chi connectivity index (χ4n) is 3.95. The second-order valence-corrected chi connectivity index (χ2v) is 8.07. The second kappa shape index (κ2) is 8.47. The Balaban J connectivity index is 1.69. The van der Waals surface area contributed by atoms with Crippen LogP contribution in [0.1, 0.15) is 62.5 Å². The van der Waals surface area contributed by atoms with Gasteiger partial charge < -0.3 is 0 Å². The number of piperidine rings is 2. The molecule has 3 rings (SSSR count). The summed E-state index contributed by atoms with van der Waals surface area (Å²) in [6, 6.07) is 2.31. The average molecular weight is 392 g/mol. The number of imide groups is 1. The van der Waals surface area contributed by atoms with E-state index in [9.17, 15) is 23.2 Å². The number of carbonyl (C=O) groups is 3. The van der Waals surface area contributed by atoms with Crippen molar-refractivity contribution in [1.82, 2.24) is 10.2 Å². The number of nitrogens with one attached hydrogen (secondary N) is 1. The third-order valence-electron chi connectivity index (χ3n) is 5.78. The van der Waals surface area contributed by atoms with E-state index in [0.717, 1.165) is 6.07 Å². The molecule has 2 amide bonds. The van der Waals surface area contributed by atoms with Gasteiger partial charge in [-0.1, -0.05) is 13.8 Å². The zero-order valence-electron chi connectivity index (χ0n) is 16.3. The number of nitrogens with zero attached hydrogens (tertiary/aromatic N) is 1. The van der Waals surface area contributed by atoms with Gasteiger partial charge in [-0.15, -0.1) is 0 Å². The number of ketones is 1. The van der Waals surface area contributed by atoms with Gasteiger partial charge in [0, 0.05) is 17.9 Å². The van der Waals surface area contributed by atoms with Crippen LogP contribution in [0.2, 0.25) is 0 Å². The van der Waals surface area contributed by atoms with Crippen molar-refractivity contribution in [2.45, 2.75) is 51.4 Å². The molecule has 2 heterocycles. The van der Waals surface area contributed by atoms with Gasteiger partial charge in [0.05, 0.1) is 12.5 Å². The highest BCUT2D eigenvalue weighted by Crippen LogP contribution is 2.34. The van der Waals surface area contributed by atoms with Gasteiger partial charge >= 0.3 is 0 Å². The zero-order valence-corrected chi connectivity index (χ0v) is 16.3. The molecule has 2 fully saturated rings. The van der Waals surface area contributed by atoms with E-state index in [0.29, 0.717) is 38.0 Å². The summed E-state index contributed by atoms with van der Waals surface area (Å²) in [5.41, 5.74) is 0.328. The number of halogens is 2. The highest BCUT2D eigenvalue weighted by atomic mass is 19.1. The number of hydrogen-bond donors (Lipinski definition) is 1. The minimum Gasteiger partial charge on any atom is -0.298 e. The molecule has 2 saturated heterocycles. The molecule has 2 aliphatic rings. The molecule has 2 aliphatic heterocycles. The maximum Gasteiger partial charge on any atom is 0.234 e. The number of amides is 2. The van der Waals surface area contributed by atoms with Crippen LogP contribution in [-0.2, 0) is 14.4 Å². The Bertz CT molecular complexity index is 786. The van der Waals surface area contributed by atoms with Crippen molar-refractivity contribution in [3.8, 4) is 0 Å². The molecule has 0 bridgehead atoms. The SMILES string of the molecule is CC(C)C(=O)CN1CCC(c2cc(F)c(C3CCC(=O)NC3=O)cc2F)CC1. The molecule has 1 N–H and O–H groups in total. The first-order valence-electron chi connectivity index (χ1n) is 9.83. The average Bonchev–Trinajstić information content (AvgIpc) is 2.64. The van der Waals surface area contributed by atoms with Crippen LogP contribution in [0.3, 0.4) is 0 Å². The number of benzene rings is 1. The summed E-state index contributed by atoms with van der Waals surface area (Å²) >= 11 is 0. The number of Topliss-reactive ketones (excluding diaryl/α,β-unsaturated/α-hetero) is 1. The van der Waals surface area contributed by atoms with E-state index < -0.39 is 23.5 Å². The van der Waals surface area contributed by atoms with Crippen LogP contribution in [0.15, 0.2) is 12.1 Å². The molecule has 7 heteroatoms. The predicted octanol–water partition coefficient (Wildman–Crippen LogP) is 2.89. The molecule has 1 aromatic rings. The summed E-state index contributed by atoms with van der Waals surface area (Å²) in [6.45, 7) is 5.47. The Morgan fingerprint density at radius 2 is 1.71 bits per heavy atom. The van der Waals surface area contributed by atoms with Crippen molar-refractivity contribution < 1.29 is 23.2 Å². The third kappa shape index (κ3) is 4.46. The van der Waals surface area contributed by atoms with Crippen LogP contribution in [0.5, 0.6) is 0 Å². The largest absolute Gasteiger partial charge is 0.298 e. The molecule has 0 saturated carbocycles. The summed E-state index contributed by atoms with van der Waals surface area (Å²) in [4.78, 5) is 37.2. The fourth-order valence-corrected chi connectivity index (χ4v) is 3.95. The maximum atomic E-state index is 14.8. The van der Waals surface area contributed by atoms with E-state index in [-0.39, 0.29) is 41.9 Å². The van der Waals surface area contributed by atoms with Crippen LogP contribution < -0.4 is 5.32 Å². The number of likely N-dealkylation sites (tertiary alicyclic amines) is 1. The summed E-state index contributed by atoms with van der Waals surface area (Å²) in [5.74, 6) is -2.87. The molecule has 0 aromatic heterocycles. The first-order valence-corrected chi connectivity index (χ1v) is 9.83. The molecule has 1 atom stereocenters. The zero-order chi connectivity index (χ0) is 20.4. The van der Waals surface area contributed by atoms with Gasteiger partial charge in [0.25, 0.3) is 0 Å². The van der Waals surface area contributed by atoms with Crippen molar-refractivity contribution in [2.75, 3.05) is 19.6 Å². The summed E-state index contributed by atoms with van der Waals surface area (Å²) < 4.78 is 29.4. The smallest absolute Gasteiger partial charge is 0.234 e.